The van der Waals surface area contributed by atoms with Crippen LogP contribution >= 0.6 is 11.6 Å². The van der Waals surface area contributed by atoms with E-state index in [4.69, 9.17) is 11.6 Å². The maximum atomic E-state index is 12.2. The summed E-state index contributed by atoms with van der Waals surface area (Å²) < 4.78 is 0. The molecule has 0 fully saturated rings. The van der Waals surface area contributed by atoms with Crippen molar-refractivity contribution in [1.29, 1.82) is 0 Å². The number of halogens is 1. The van der Waals surface area contributed by atoms with Crippen molar-refractivity contribution >= 4 is 29.2 Å². The van der Waals surface area contributed by atoms with Crippen molar-refractivity contribution in [2.75, 3.05) is 5.32 Å². The summed E-state index contributed by atoms with van der Waals surface area (Å²) >= 11 is 5.87. The number of benzene rings is 2. The van der Waals surface area contributed by atoms with E-state index >= 15 is 0 Å². The molecule has 0 aliphatic carbocycles. The Kier molecular flexibility index (Phi) is 4.29. The molecule has 0 saturated carbocycles. The molecule has 0 bridgehead atoms. The minimum absolute atomic E-state index is 0.0837. The van der Waals surface area contributed by atoms with Gasteiger partial charge in [-0.2, -0.15) is 0 Å². The van der Waals surface area contributed by atoms with Crippen LogP contribution in [0.15, 0.2) is 36.4 Å². The van der Waals surface area contributed by atoms with Gasteiger partial charge in [-0.3, -0.25) is 4.79 Å². The van der Waals surface area contributed by atoms with Gasteiger partial charge in [0.15, 0.2) is 0 Å². The summed E-state index contributed by atoms with van der Waals surface area (Å²) in [5, 5.41) is 11.8. The van der Waals surface area contributed by atoms with Gasteiger partial charge in [0.25, 0.3) is 5.91 Å². The summed E-state index contributed by atoms with van der Waals surface area (Å²) in [4.78, 5) is 23.4. The molecule has 21 heavy (non-hydrogen) atoms. The Labute approximate surface area is 127 Å². The number of aromatic carboxylic acids is 1. The molecule has 0 aliphatic rings. The Morgan fingerprint density at radius 3 is 2.43 bits per heavy atom. The van der Waals surface area contributed by atoms with E-state index in [1.165, 1.54) is 12.1 Å². The molecule has 0 unspecified atom stereocenters. The highest BCUT2D eigenvalue weighted by Gasteiger charge is 2.17. The van der Waals surface area contributed by atoms with Crippen LogP contribution in [0.5, 0.6) is 0 Å². The Hall–Kier alpha value is -2.33. The van der Waals surface area contributed by atoms with Crippen LogP contribution in [-0.2, 0) is 0 Å². The molecule has 2 N–H and O–H groups in total. The second-order valence-electron chi connectivity index (χ2n) is 4.72. The smallest absolute Gasteiger partial charge is 0.339 e. The number of nitrogens with one attached hydrogen (secondary N) is 1. The Morgan fingerprint density at radius 2 is 1.81 bits per heavy atom. The lowest BCUT2D eigenvalue weighted by molar-refractivity contribution is 0.0698. The lowest BCUT2D eigenvalue weighted by Crippen LogP contribution is -2.15. The van der Waals surface area contributed by atoms with Crippen LogP contribution in [0.2, 0.25) is 5.02 Å². The number of amides is 1. The number of anilines is 1. The van der Waals surface area contributed by atoms with Crippen molar-refractivity contribution in [1.82, 2.24) is 0 Å². The second kappa shape index (κ2) is 5.97. The maximum absolute atomic E-state index is 12.2. The van der Waals surface area contributed by atoms with Gasteiger partial charge >= 0.3 is 5.97 Å². The van der Waals surface area contributed by atoms with E-state index in [1.54, 1.807) is 18.2 Å². The van der Waals surface area contributed by atoms with Gasteiger partial charge in [0, 0.05) is 5.56 Å². The third kappa shape index (κ3) is 3.23. The number of carboxylic acid groups (broad SMARTS) is 1. The van der Waals surface area contributed by atoms with E-state index in [2.05, 4.69) is 5.32 Å². The van der Waals surface area contributed by atoms with E-state index in [-0.39, 0.29) is 22.2 Å². The number of carboxylic acids is 1. The highest BCUT2D eigenvalue weighted by molar-refractivity contribution is 6.34. The van der Waals surface area contributed by atoms with Crippen LogP contribution in [0.1, 0.15) is 31.8 Å². The molecule has 0 atom stereocenters. The highest BCUT2D eigenvalue weighted by Crippen LogP contribution is 2.25. The summed E-state index contributed by atoms with van der Waals surface area (Å²) in [7, 11) is 0. The van der Waals surface area contributed by atoms with E-state index < -0.39 is 5.97 Å². The molecule has 2 aromatic carbocycles. The van der Waals surface area contributed by atoms with Gasteiger partial charge in [0.1, 0.15) is 5.56 Å². The Morgan fingerprint density at radius 1 is 1.10 bits per heavy atom. The van der Waals surface area contributed by atoms with Crippen molar-refractivity contribution in [2.24, 2.45) is 0 Å². The number of rotatable bonds is 3. The summed E-state index contributed by atoms with van der Waals surface area (Å²) in [6, 6.07) is 9.87. The topological polar surface area (TPSA) is 66.4 Å². The van der Waals surface area contributed by atoms with Crippen molar-refractivity contribution < 1.29 is 14.7 Å². The first-order chi connectivity index (χ1) is 9.90. The van der Waals surface area contributed by atoms with Crippen molar-refractivity contribution in [3.63, 3.8) is 0 Å². The standard InChI is InChI=1S/C16H14ClNO3/c1-9-6-7-11(8-10(9)2)15(19)18-13-5-3-4-12(17)14(13)16(20)21/h3-8H,1-2H3,(H,18,19)(H,20,21). The first-order valence-electron chi connectivity index (χ1n) is 6.30. The fraction of sp³-hybridized carbons (Fsp3) is 0.125. The summed E-state index contributed by atoms with van der Waals surface area (Å²) in [6.45, 7) is 3.87. The zero-order chi connectivity index (χ0) is 15.6. The van der Waals surface area contributed by atoms with Crippen LogP contribution in [0.3, 0.4) is 0 Å². The SMILES string of the molecule is Cc1ccc(C(=O)Nc2cccc(Cl)c2C(=O)O)cc1C. The molecule has 1 amide bonds. The molecule has 0 aromatic heterocycles. The Bertz CT molecular complexity index is 725. The minimum atomic E-state index is -1.18. The molecule has 4 nitrogen and oxygen atoms in total. The average molecular weight is 304 g/mol. The summed E-state index contributed by atoms with van der Waals surface area (Å²) in [5.41, 5.74) is 2.61. The number of carbonyl (C=O) groups is 2. The summed E-state index contributed by atoms with van der Waals surface area (Å²) in [6.07, 6.45) is 0. The molecule has 0 saturated heterocycles. The first kappa shape index (κ1) is 15.1. The van der Waals surface area contributed by atoms with Crippen LogP contribution in [0.25, 0.3) is 0 Å². The van der Waals surface area contributed by atoms with Crippen molar-refractivity contribution in [3.8, 4) is 0 Å². The Balaban J connectivity index is 2.34. The van der Waals surface area contributed by atoms with E-state index in [1.807, 2.05) is 19.9 Å². The normalized spacial score (nSPS) is 10.2. The molecule has 2 rings (SSSR count). The number of hydrogen-bond acceptors (Lipinski definition) is 2. The largest absolute Gasteiger partial charge is 0.478 e. The molecular weight excluding hydrogens is 290 g/mol. The van der Waals surface area contributed by atoms with Gasteiger partial charge in [-0.1, -0.05) is 23.7 Å². The molecule has 5 heteroatoms. The van der Waals surface area contributed by atoms with E-state index in [0.29, 0.717) is 5.56 Å². The molecular formula is C16H14ClNO3. The first-order valence-corrected chi connectivity index (χ1v) is 6.68. The third-order valence-corrected chi connectivity index (χ3v) is 3.56. The van der Waals surface area contributed by atoms with Crippen LogP contribution in [-0.4, -0.2) is 17.0 Å². The fourth-order valence-corrected chi connectivity index (χ4v) is 2.18. The zero-order valence-electron chi connectivity index (χ0n) is 11.6. The maximum Gasteiger partial charge on any atom is 0.339 e. The molecule has 0 heterocycles. The molecule has 0 spiro atoms. The molecule has 0 aliphatic heterocycles. The van der Waals surface area contributed by atoms with Gasteiger partial charge in [-0.05, 0) is 49.2 Å². The van der Waals surface area contributed by atoms with Gasteiger partial charge in [-0.15, -0.1) is 0 Å². The third-order valence-electron chi connectivity index (χ3n) is 3.24. The molecule has 2 aromatic rings. The number of aryl methyl sites for hydroxylation is 2. The number of carbonyl (C=O) groups excluding carboxylic acids is 1. The van der Waals surface area contributed by atoms with Crippen LogP contribution in [0, 0.1) is 13.8 Å². The van der Waals surface area contributed by atoms with Crippen LogP contribution < -0.4 is 5.32 Å². The second-order valence-corrected chi connectivity index (χ2v) is 5.13. The van der Waals surface area contributed by atoms with Crippen LogP contribution in [0.4, 0.5) is 5.69 Å². The quantitative estimate of drug-likeness (QED) is 0.903. The fourth-order valence-electron chi connectivity index (χ4n) is 1.92. The predicted octanol–water partition coefficient (Wildman–Crippen LogP) is 3.91. The minimum Gasteiger partial charge on any atom is -0.478 e. The van der Waals surface area contributed by atoms with Crippen molar-refractivity contribution in [3.05, 3.63) is 63.7 Å². The average Bonchev–Trinajstić information content (AvgIpc) is 2.41. The van der Waals surface area contributed by atoms with Gasteiger partial charge < -0.3 is 10.4 Å². The monoisotopic (exact) mass is 303 g/mol. The van der Waals surface area contributed by atoms with E-state index in [0.717, 1.165) is 11.1 Å². The zero-order valence-corrected chi connectivity index (χ0v) is 12.4. The van der Waals surface area contributed by atoms with Gasteiger partial charge in [-0.25, -0.2) is 4.79 Å². The lowest BCUT2D eigenvalue weighted by atomic mass is 10.1. The van der Waals surface area contributed by atoms with Gasteiger partial charge in [0.05, 0.1) is 10.7 Å². The molecule has 108 valence electrons. The lowest BCUT2D eigenvalue weighted by Gasteiger charge is -2.10. The van der Waals surface area contributed by atoms with Gasteiger partial charge in [0.2, 0.25) is 0 Å². The van der Waals surface area contributed by atoms with E-state index in [9.17, 15) is 14.7 Å². The number of hydrogen-bond donors (Lipinski definition) is 2. The summed E-state index contributed by atoms with van der Waals surface area (Å²) in [5.74, 6) is -1.56. The molecule has 0 radical (unpaired) electrons. The predicted molar refractivity (Wildman–Crippen MR) is 82.3 cm³/mol. The van der Waals surface area contributed by atoms with Crippen molar-refractivity contribution in [2.45, 2.75) is 13.8 Å². The highest BCUT2D eigenvalue weighted by atomic mass is 35.5.